The summed E-state index contributed by atoms with van der Waals surface area (Å²) in [6.45, 7) is 0. The summed E-state index contributed by atoms with van der Waals surface area (Å²) in [5.74, 6) is -0.403. The third-order valence-electron chi connectivity index (χ3n) is 11.2. The Kier molecular flexibility index (Phi) is 4.93. The Balaban J connectivity index is 1.09. The molecule has 52 heavy (non-hydrogen) atoms. The van der Waals surface area contributed by atoms with Crippen molar-refractivity contribution in [3.63, 3.8) is 0 Å². The van der Waals surface area contributed by atoms with Crippen molar-refractivity contribution >= 4 is 104 Å². The van der Waals surface area contributed by atoms with Gasteiger partial charge in [0.2, 0.25) is 0 Å². The molecular formula is C45H21N3O4. The Morgan fingerprint density at radius 2 is 1.10 bits per heavy atom. The zero-order valence-corrected chi connectivity index (χ0v) is 27.1. The minimum Gasteiger partial charge on any atom is -0.355 e. The van der Waals surface area contributed by atoms with Gasteiger partial charge in [-0.2, -0.15) is 5.10 Å². The minimum absolute atomic E-state index is 0.00104. The van der Waals surface area contributed by atoms with Crippen molar-refractivity contribution in [2.45, 2.75) is 0 Å². The summed E-state index contributed by atoms with van der Waals surface area (Å²) < 4.78 is 1.95. The van der Waals surface area contributed by atoms with Gasteiger partial charge in [-0.25, -0.2) is 4.52 Å². The van der Waals surface area contributed by atoms with Crippen LogP contribution in [-0.4, -0.2) is 21.2 Å². The van der Waals surface area contributed by atoms with Crippen molar-refractivity contribution in [3.05, 3.63) is 164 Å². The van der Waals surface area contributed by atoms with Crippen LogP contribution in [-0.2, 0) is 0 Å². The summed E-state index contributed by atoms with van der Waals surface area (Å²) in [4.78, 5) is 55.0. The molecule has 240 valence electrons. The predicted octanol–water partition coefficient (Wildman–Crippen LogP) is 8.96. The molecular weight excluding hydrogens is 647 g/mol. The van der Waals surface area contributed by atoms with Gasteiger partial charge in [0.25, 0.3) is 0 Å². The van der Waals surface area contributed by atoms with E-state index in [1.807, 2.05) is 71.2 Å². The van der Waals surface area contributed by atoms with Crippen LogP contribution in [0.1, 0.15) is 31.8 Å². The normalized spacial score (nSPS) is 13.2. The minimum atomic E-state index is -0.215. The third-order valence-corrected chi connectivity index (χ3v) is 11.2. The fourth-order valence-electron chi connectivity index (χ4n) is 8.94. The van der Waals surface area contributed by atoms with Crippen LogP contribution in [0.4, 0.5) is 11.4 Å². The van der Waals surface area contributed by atoms with Gasteiger partial charge in [0.15, 0.2) is 22.4 Å². The Morgan fingerprint density at radius 3 is 1.94 bits per heavy atom. The molecule has 12 rings (SSSR count). The molecule has 2 heterocycles. The second kappa shape index (κ2) is 9.29. The summed E-state index contributed by atoms with van der Waals surface area (Å²) in [7, 11) is 0. The molecule has 0 saturated carbocycles. The van der Waals surface area contributed by atoms with Crippen LogP contribution in [0.25, 0.3) is 81.2 Å². The first-order valence-corrected chi connectivity index (χ1v) is 17.1. The van der Waals surface area contributed by atoms with Gasteiger partial charge >= 0.3 is 0 Å². The van der Waals surface area contributed by atoms with Crippen LogP contribution in [0.5, 0.6) is 0 Å². The van der Waals surface area contributed by atoms with E-state index in [1.54, 1.807) is 42.5 Å². The average molecular weight is 668 g/mol. The Morgan fingerprint density at radius 1 is 0.462 bits per heavy atom. The first-order valence-electron chi connectivity index (χ1n) is 17.1. The number of hydrogen-bond acceptors (Lipinski definition) is 6. The number of carbonyl (C=O) groups is 2. The van der Waals surface area contributed by atoms with Gasteiger partial charge in [0, 0.05) is 70.9 Å². The van der Waals surface area contributed by atoms with Gasteiger partial charge < -0.3 is 5.32 Å². The van der Waals surface area contributed by atoms with E-state index in [9.17, 15) is 19.2 Å². The van der Waals surface area contributed by atoms with Gasteiger partial charge in [-0.1, -0.05) is 84.9 Å². The number of fused-ring (bicyclic) bond motifs is 8. The molecule has 0 fully saturated rings. The molecule has 1 N–H and O–H groups in total. The van der Waals surface area contributed by atoms with Crippen molar-refractivity contribution in [2.24, 2.45) is 0 Å². The lowest BCUT2D eigenvalue weighted by Crippen LogP contribution is -2.22. The van der Waals surface area contributed by atoms with E-state index in [2.05, 4.69) is 17.4 Å². The molecule has 0 unspecified atom stereocenters. The van der Waals surface area contributed by atoms with E-state index in [4.69, 9.17) is 5.10 Å². The number of nitrogens with one attached hydrogen (secondary N) is 1. The molecule has 1 aliphatic rings. The standard InChI is InChI=1S/C45H21N3O4/c49-42-27-7-2-1-6-25(27)40-39-32(42)17-15-26-24-14-16-31-36-23(18-19-35(38(24)36)48(47-40)41(26)39)22-13-12-21(20-33(22)44(31)51)46-34-11-5-10-30-37(34)45(52)29-9-4-3-8-28(29)43(30)50/h1-20,46H. The molecule has 1 aliphatic carbocycles. The second-order valence-corrected chi connectivity index (χ2v) is 13.7. The first kappa shape index (κ1) is 27.6. The molecule has 0 saturated heterocycles. The maximum atomic E-state index is 14.4. The zero-order chi connectivity index (χ0) is 34.6. The highest BCUT2D eigenvalue weighted by Crippen LogP contribution is 2.43. The third kappa shape index (κ3) is 3.19. The Labute approximate surface area is 292 Å². The van der Waals surface area contributed by atoms with Crippen LogP contribution in [0.2, 0.25) is 0 Å². The van der Waals surface area contributed by atoms with Crippen LogP contribution in [0, 0.1) is 0 Å². The number of anilines is 2. The summed E-state index contributed by atoms with van der Waals surface area (Å²) >= 11 is 0. The molecule has 0 aliphatic heterocycles. The molecule has 0 amide bonds. The van der Waals surface area contributed by atoms with Crippen molar-refractivity contribution in [1.82, 2.24) is 9.61 Å². The van der Waals surface area contributed by atoms with Crippen molar-refractivity contribution in [2.75, 3.05) is 5.32 Å². The highest BCUT2D eigenvalue weighted by molar-refractivity contribution is 6.35. The second-order valence-electron chi connectivity index (χ2n) is 13.7. The number of aromatic nitrogens is 2. The van der Waals surface area contributed by atoms with Crippen molar-refractivity contribution in [3.8, 4) is 0 Å². The molecule has 7 nitrogen and oxygen atoms in total. The predicted molar refractivity (Wildman–Crippen MR) is 207 cm³/mol. The average Bonchev–Trinajstić information content (AvgIpc) is 3.59. The monoisotopic (exact) mass is 667 g/mol. The Hall–Kier alpha value is -7.25. The molecule has 0 spiro atoms. The van der Waals surface area contributed by atoms with Crippen molar-refractivity contribution < 1.29 is 9.59 Å². The molecule has 2 aromatic heterocycles. The molecule has 0 atom stereocenters. The fourth-order valence-corrected chi connectivity index (χ4v) is 8.94. The van der Waals surface area contributed by atoms with E-state index >= 15 is 0 Å². The lowest BCUT2D eigenvalue weighted by atomic mass is 9.83. The molecule has 7 heteroatoms. The maximum Gasteiger partial charge on any atom is 0.196 e. The van der Waals surface area contributed by atoms with Gasteiger partial charge in [0.1, 0.15) is 5.52 Å². The molecule has 0 radical (unpaired) electrons. The number of carbonyl (C=O) groups excluding carboxylic acids is 2. The van der Waals surface area contributed by atoms with E-state index in [-0.39, 0.29) is 22.4 Å². The summed E-state index contributed by atoms with van der Waals surface area (Å²) in [6.07, 6.45) is 0. The number of benzene rings is 9. The zero-order valence-electron chi connectivity index (χ0n) is 27.1. The van der Waals surface area contributed by atoms with Crippen LogP contribution >= 0.6 is 0 Å². The molecule has 11 aromatic rings. The van der Waals surface area contributed by atoms with Crippen LogP contribution < -0.4 is 16.2 Å². The number of pyridine rings is 1. The van der Waals surface area contributed by atoms with Gasteiger partial charge in [-0.3, -0.25) is 19.2 Å². The lowest BCUT2D eigenvalue weighted by Gasteiger charge is -2.21. The molecule has 9 aromatic carbocycles. The summed E-state index contributed by atoms with van der Waals surface area (Å²) in [5.41, 5.74) is 5.05. The van der Waals surface area contributed by atoms with Gasteiger partial charge in [-0.15, -0.1) is 0 Å². The number of hydrogen-bond donors (Lipinski definition) is 1. The van der Waals surface area contributed by atoms with E-state index in [1.165, 1.54) is 0 Å². The lowest BCUT2D eigenvalue weighted by molar-refractivity contribution is 0.0979. The summed E-state index contributed by atoms with van der Waals surface area (Å²) in [6, 6.07) is 37.4. The number of nitrogens with zero attached hydrogens (tertiary/aromatic N) is 2. The fraction of sp³-hybridized carbons (Fsp3) is 0. The highest BCUT2D eigenvalue weighted by Gasteiger charge is 2.31. The Bertz CT molecular complexity index is 3580. The largest absolute Gasteiger partial charge is 0.355 e. The topological polar surface area (TPSA) is 97.6 Å². The first-order chi connectivity index (χ1) is 25.5. The number of ketones is 2. The van der Waals surface area contributed by atoms with Crippen LogP contribution in [0.3, 0.4) is 0 Å². The molecule has 0 bridgehead atoms. The van der Waals surface area contributed by atoms with Gasteiger partial charge in [-0.05, 0) is 52.6 Å². The van der Waals surface area contributed by atoms with E-state index < -0.39 is 0 Å². The maximum absolute atomic E-state index is 14.4. The quantitative estimate of drug-likeness (QED) is 0.146. The van der Waals surface area contributed by atoms with E-state index in [0.29, 0.717) is 55.2 Å². The number of rotatable bonds is 2. The smallest absolute Gasteiger partial charge is 0.196 e. The summed E-state index contributed by atoms with van der Waals surface area (Å²) in [5, 5.41) is 18.2. The van der Waals surface area contributed by atoms with Crippen molar-refractivity contribution in [1.29, 1.82) is 0 Å². The van der Waals surface area contributed by atoms with Gasteiger partial charge in [0.05, 0.1) is 22.3 Å². The van der Waals surface area contributed by atoms with E-state index in [0.717, 1.165) is 59.6 Å². The highest BCUT2D eigenvalue weighted by atomic mass is 16.1. The van der Waals surface area contributed by atoms with Crippen LogP contribution in [0.15, 0.2) is 131 Å². The SMILES string of the molecule is O=C1c2ccccc2C(=O)c2c(Nc3ccc4c(c3)c(=O)c3ccc5c6ccc7c(=O)c8ccccc8c8nn(c9ccc4c3c59)c6c78)cccc21.